The zero-order valence-electron chi connectivity index (χ0n) is 36.8. The summed E-state index contributed by atoms with van der Waals surface area (Å²) in [6, 6.07) is 71.0. The largest absolute Gasteiger partial charge is 0.308 e. The summed E-state index contributed by atoms with van der Waals surface area (Å²) in [5.74, 6) is 3.62. The molecule has 0 fully saturated rings. The standard InChI is InChI=1S/C60H40N8/c1-5-20-39(21-6-1)43-28-19-29-44(38-43)58-61-55(40-22-7-2-8-23-40)63-59(64-58)48-32-15-18-35-51(48)67-49-33-16-13-30-45(49)46-36-37-52-53(54(46)67)47-31-14-17-34-50(47)68(52)60-65-56(41-24-9-3-10-25-41)62-57(66-60)42-26-11-4-12-27-42/h1-16,18-33,35-38H,17,34H2. The van der Waals surface area contributed by atoms with Gasteiger partial charge in [0.05, 0.1) is 22.2 Å². The first-order valence-corrected chi connectivity index (χ1v) is 22.9. The summed E-state index contributed by atoms with van der Waals surface area (Å²) < 4.78 is 4.69. The Morgan fingerprint density at radius 3 is 1.57 bits per heavy atom. The molecule has 0 unspecified atom stereocenters. The Bertz CT molecular complexity index is 3840. The van der Waals surface area contributed by atoms with Crippen molar-refractivity contribution < 1.29 is 0 Å². The summed E-state index contributed by atoms with van der Waals surface area (Å²) in [6.07, 6.45) is 6.30. The van der Waals surface area contributed by atoms with Crippen molar-refractivity contribution in [1.29, 1.82) is 0 Å². The zero-order chi connectivity index (χ0) is 45.0. The van der Waals surface area contributed by atoms with E-state index in [1.54, 1.807) is 0 Å². The van der Waals surface area contributed by atoms with E-state index >= 15 is 0 Å². The number of hydrogen-bond donors (Lipinski definition) is 0. The van der Waals surface area contributed by atoms with E-state index in [2.05, 4.69) is 167 Å². The molecule has 68 heavy (non-hydrogen) atoms. The first kappa shape index (κ1) is 39.2. The highest BCUT2D eigenvalue weighted by Gasteiger charge is 2.27. The van der Waals surface area contributed by atoms with Crippen LogP contribution < -0.4 is 0 Å². The minimum Gasteiger partial charge on any atom is -0.308 e. The van der Waals surface area contributed by atoms with E-state index in [-0.39, 0.29) is 0 Å². The number of aromatic nitrogens is 8. The summed E-state index contributed by atoms with van der Waals surface area (Å²) in [7, 11) is 0. The minimum absolute atomic E-state index is 0.583. The first-order valence-electron chi connectivity index (χ1n) is 22.9. The predicted octanol–water partition coefficient (Wildman–Crippen LogP) is 14.1. The molecule has 0 amide bonds. The van der Waals surface area contributed by atoms with Crippen molar-refractivity contribution in [3.8, 4) is 79.7 Å². The normalized spacial score (nSPS) is 12.2. The van der Waals surface area contributed by atoms with Crippen molar-refractivity contribution in [3.63, 3.8) is 0 Å². The van der Waals surface area contributed by atoms with Crippen molar-refractivity contribution in [2.24, 2.45) is 0 Å². The van der Waals surface area contributed by atoms with E-state index in [4.69, 9.17) is 29.9 Å². The van der Waals surface area contributed by atoms with Gasteiger partial charge in [-0.15, -0.1) is 0 Å². The van der Waals surface area contributed by atoms with Crippen molar-refractivity contribution in [2.75, 3.05) is 0 Å². The van der Waals surface area contributed by atoms with Gasteiger partial charge in [0.15, 0.2) is 29.1 Å². The van der Waals surface area contributed by atoms with E-state index in [0.29, 0.717) is 35.1 Å². The number of hydrogen-bond acceptors (Lipinski definition) is 6. The van der Waals surface area contributed by atoms with Crippen LogP contribution in [0.1, 0.15) is 17.7 Å². The van der Waals surface area contributed by atoms with Gasteiger partial charge < -0.3 is 4.57 Å². The van der Waals surface area contributed by atoms with Crippen molar-refractivity contribution in [1.82, 2.24) is 39.0 Å². The Balaban J connectivity index is 1.07. The number of allylic oxidation sites excluding steroid dienone is 1. The molecule has 12 aromatic rings. The molecule has 320 valence electrons. The lowest BCUT2D eigenvalue weighted by atomic mass is 10.0. The summed E-state index contributed by atoms with van der Waals surface area (Å²) in [6.45, 7) is 0. The fourth-order valence-corrected chi connectivity index (χ4v) is 9.80. The number of nitrogens with zero attached hydrogens (tertiary/aromatic N) is 8. The molecule has 8 heteroatoms. The average Bonchev–Trinajstić information content (AvgIpc) is 3.95. The molecule has 0 saturated carbocycles. The van der Waals surface area contributed by atoms with Gasteiger partial charge >= 0.3 is 0 Å². The second-order valence-corrected chi connectivity index (χ2v) is 17.0. The molecular formula is C60H40N8. The number of rotatable bonds is 8. The fourth-order valence-electron chi connectivity index (χ4n) is 9.80. The number of fused-ring (bicyclic) bond motifs is 7. The van der Waals surface area contributed by atoms with E-state index in [1.165, 1.54) is 0 Å². The molecule has 4 aromatic heterocycles. The average molecular weight is 873 g/mol. The Morgan fingerprint density at radius 2 is 0.897 bits per heavy atom. The highest BCUT2D eigenvalue weighted by atomic mass is 15.2. The maximum absolute atomic E-state index is 5.33. The van der Waals surface area contributed by atoms with E-state index in [0.717, 1.165) is 101 Å². The molecule has 8 nitrogen and oxygen atoms in total. The molecule has 1 aliphatic rings. The summed E-state index contributed by atoms with van der Waals surface area (Å²) >= 11 is 0. The van der Waals surface area contributed by atoms with E-state index in [9.17, 15) is 0 Å². The number of benzene rings is 8. The van der Waals surface area contributed by atoms with Crippen LogP contribution in [0.15, 0.2) is 212 Å². The third kappa shape index (κ3) is 6.69. The lowest BCUT2D eigenvalue weighted by molar-refractivity contribution is 0.838. The second kappa shape index (κ2) is 16.4. The smallest absolute Gasteiger partial charge is 0.238 e. The Labute approximate surface area is 392 Å². The van der Waals surface area contributed by atoms with Gasteiger partial charge in [0, 0.05) is 55.2 Å². The SMILES string of the molecule is C1=Cc2c(n(-c3nc(-c4ccccc4)nc(-c4ccccc4)n3)c3ccc4c5ccccc5n(-c5ccccc5-c5nc(-c6ccccc6)nc(-c6cccc(-c7ccccc7)c6)n5)c4c23)CC1. The fraction of sp³-hybridized carbons (Fsp3) is 0.0333. The third-order valence-electron chi connectivity index (χ3n) is 12.9. The lowest BCUT2D eigenvalue weighted by Crippen LogP contribution is -2.10. The van der Waals surface area contributed by atoms with Gasteiger partial charge in [0.2, 0.25) is 5.95 Å². The van der Waals surface area contributed by atoms with Crippen LogP contribution in [0.25, 0.3) is 118 Å². The van der Waals surface area contributed by atoms with E-state index in [1.807, 2.05) is 60.7 Å². The van der Waals surface area contributed by atoms with Crippen LogP contribution in [0.2, 0.25) is 0 Å². The van der Waals surface area contributed by atoms with Crippen molar-refractivity contribution >= 4 is 38.8 Å². The van der Waals surface area contributed by atoms with Crippen LogP contribution in [0.3, 0.4) is 0 Å². The van der Waals surface area contributed by atoms with Gasteiger partial charge in [0.1, 0.15) is 0 Å². The van der Waals surface area contributed by atoms with Crippen LogP contribution in [-0.2, 0) is 6.42 Å². The van der Waals surface area contributed by atoms with Crippen LogP contribution in [-0.4, -0.2) is 39.0 Å². The van der Waals surface area contributed by atoms with Crippen LogP contribution in [0.5, 0.6) is 0 Å². The highest BCUT2D eigenvalue weighted by Crippen LogP contribution is 2.44. The second-order valence-electron chi connectivity index (χ2n) is 17.0. The van der Waals surface area contributed by atoms with Crippen molar-refractivity contribution in [3.05, 3.63) is 224 Å². The van der Waals surface area contributed by atoms with Crippen molar-refractivity contribution in [2.45, 2.75) is 12.8 Å². The Morgan fingerprint density at radius 1 is 0.368 bits per heavy atom. The summed E-state index contributed by atoms with van der Waals surface area (Å²) in [5.41, 5.74) is 13.3. The molecule has 0 spiro atoms. The molecule has 0 N–H and O–H groups in total. The topological polar surface area (TPSA) is 87.2 Å². The molecule has 8 aromatic carbocycles. The molecular weight excluding hydrogens is 833 g/mol. The molecule has 0 radical (unpaired) electrons. The first-order chi connectivity index (χ1) is 33.7. The highest BCUT2D eigenvalue weighted by molar-refractivity contribution is 6.21. The summed E-state index contributed by atoms with van der Waals surface area (Å²) in [5, 5.41) is 3.42. The molecule has 0 aliphatic heterocycles. The molecule has 0 atom stereocenters. The van der Waals surface area contributed by atoms with E-state index < -0.39 is 0 Å². The van der Waals surface area contributed by atoms with Crippen LogP contribution >= 0.6 is 0 Å². The molecule has 0 saturated heterocycles. The number of para-hydroxylation sites is 2. The lowest BCUT2D eigenvalue weighted by Gasteiger charge is -2.15. The zero-order valence-corrected chi connectivity index (χ0v) is 36.8. The van der Waals surface area contributed by atoms with Gasteiger partial charge in [-0.05, 0) is 54.3 Å². The monoisotopic (exact) mass is 872 g/mol. The van der Waals surface area contributed by atoms with Gasteiger partial charge in [-0.3, -0.25) is 4.57 Å². The molecule has 1 aliphatic carbocycles. The minimum atomic E-state index is 0.583. The van der Waals surface area contributed by atoms with Gasteiger partial charge in [-0.25, -0.2) is 19.9 Å². The maximum atomic E-state index is 5.33. The quantitative estimate of drug-likeness (QED) is 0.151. The molecule has 0 bridgehead atoms. The van der Waals surface area contributed by atoms with Gasteiger partial charge in [-0.2, -0.15) is 9.97 Å². The van der Waals surface area contributed by atoms with Crippen LogP contribution in [0, 0.1) is 0 Å². The summed E-state index contributed by atoms with van der Waals surface area (Å²) in [4.78, 5) is 31.3. The molecule has 13 rings (SSSR count). The third-order valence-corrected chi connectivity index (χ3v) is 12.9. The van der Waals surface area contributed by atoms with Gasteiger partial charge in [-0.1, -0.05) is 188 Å². The maximum Gasteiger partial charge on any atom is 0.238 e. The Hall–Kier alpha value is -9.14. The Kier molecular flexibility index (Phi) is 9.45. The molecule has 4 heterocycles. The van der Waals surface area contributed by atoms with Gasteiger partial charge in [0.25, 0.3) is 0 Å². The van der Waals surface area contributed by atoms with Crippen LogP contribution in [0.4, 0.5) is 0 Å². The predicted molar refractivity (Wildman–Crippen MR) is 274 cm³/mol.